The Bertz CT molecular complexity index is 1000. The van der Waals surface area contributed by atoms with Gasteiger partial charge in [0.2, 0.25) is 0 Å². The Morgan fingerprint density at radius 3 is 2.84 bits per heavy atom. The van der Waals surface area contributed by atoms with E-state index in [1.54, 1.807) is 6.07 Å². The van der Waals surface area contributed by atoms with E-state index in [9.17, 15) is 4.79 Å². The van der Waals surface area contributed by atoms with Crippen molar-refractivity contribution in [3.05, 3.63) is 58.4 Å². The molecule has 0 N–H and O–H groups in total. The number of para-hydroxylation sites is 1. The number of carbonyl (C=O) groups is 1. The van der Waals surface area contributed by atoms with Crippen LogP contribution in [0.15, 0.2) is 53.5 Å². The molecule has 1 aromatic heterocycles. The number of hydrogen-bond donors (Lipinski definition) is 0. The van der Waals surface area contributed by atoms with E-state index in [1.807, 2.05) is 47.0 Å². The second kappa shape index (κ2) is 8.02. The molecule has 0 aliphatic heterocycles. The summed E-state index contributed by atoms with van der Waals surface area (Å²) in [5.74, 6) is 3.08. The van der Waals surface area contributed by atoms with Gasteiger partial charge in [0.1, 0.15) is 5.75 Å². The summed E-state index contributed by atoms with van der Waals surface area (Å²) in [4.78, 5) is 16.9. The molecule has 0 saturated heterocycles. The molecule has 2 aromatic carbocycles. The summed E-state index contributed by atoms with van der Waals surface area (Å²) in [6.45, 7) is 0.618. The number of terminal acetylenes is 1. The number of benzene rings is 2. The summed E-state index contributed by atoms with van der Waals surface area (Å²) in [7, 11) is 0. The summed E-state index contributed by atoms with van der Waals surface area (Å²) >= 11 is 7.42. The van der Waals surface area contributed by atoms with E-state index >= 15 is 0 Å². The van der Waals surface area contributed by atoms with Crippen LogP contribution < -0.4 is 9.54 Å². The highest BCUT2D eigenvalue weighted by molar-refractivity contribution is 7.16. The third-order valence-corrected chi connectivity index (χ3v) is 4.72. The van der Waals surface area contributed by atoms with Crippen molar-refractivity contribution in [2.75, 3.05) is 6.61 Å². The highest BCUT2D eigenvalue weighted by atomic mass is 35.5. The van der Waals surface area contributed by atoms with Gasteiger partial charge in [0.15, 0.2) is 4.80 Å². The van der Waals surface area contributed by atoms with Gasteiger partial charge in [-0.05, 0) is 30.3 Å². The molecule has 0 bridgehead atoms. The molecule has 3 rings (SSSR count). The van der Waals surface area contributed by atoms with E-state index in [4.69, 9.17) is 22.8 Å². The predicted molar refractivity (Wildman–Crippen MR) is 101 cm³/mol. The Labute approximate surface area is 154 Å². The first kappa shape index (κ1) is 17.3. The molecule has 0 saturated carbocycles. The van der Waals surface area contributed by atoms with Crippen molar-refractivity contribution < 1.29 is 9.53 Å². The number of hydrogen-bond acceptors (Lipinski definition) is 3. The number of halogens is 1. The first-order valence-electron chi connectivity index (χ1n) is 7.65. The molecule has 0 unspecified atom stereocenters. The monoisotopic (exact) mass is 370 g/mol. The summed E-state index contributed by atoms with van der Waals surface area (Å²) in [5.41, 5.74) is 0.916. The van der Waals surface area contributed by atoms with E-state index in [2.05, 4.69) is 10.9 Å². The van der Waals surface area contributed by atoms with Crippen molar-refractivity contribution in [2.45, 2.75) is 13.0 Å². The highest BCUT2D eigenvalue weighted by Crippen LogP contribution is 2.21. The summed E-state index contributed by atoms with van der Waals surface area (Å²) in [6.07, 6.45) is 5.64. The fraction of sp³-hybridized carbons (Fsp3) is 0.158. The van der Waals surface area contributed by atoms with Gasteiger partial charge in [0.05, 0.1) is 29.8 Å². The van der Waals surface area contributed by atoms with Gasteiger partial charge in [0, 0.05) is 5.02 Å². The van der Waals surface area contributed by atoms with E-state index in [1.165, 1.54) is 11.3 Å². The van der Waals surface area contributed by atoms with Crippen LogP contribution in [0.3, 0.4) is 0 Å². The Kier molecular flexibility index (Phi) is 5.54. The van der Waals surface area contributed by atoms with E-state index in [0.29, 0.717) is 16.4 Å². The maximum Gasteiger partial charge on any atom is 0.251 e. The van der Waals surface area contributed by atoms with Gasteiger partial charge in [-0.25, -0.2) is 0 Å². The van der Waals surface area contributed by atoms with Gasteiger partial charge in [0.25, 0.3) is 5.91 Å². The summed E-state index contributed by atoms with van der Waals surface area (Å²) < 4.78 is 8.31. The van der Waals surface area contributed by atoms with E-state index < -0.39 is 0 Å². The lowest BCUT2D eigenvalue weighted by atomic mass is 10.3. The number of thiazole rings is 1. The Morgan fingerprint density at radius 1 is 1.28 bits per heavy atom. The van der Waals surface area contributed by atoms with Crippen LogP contribution in [0.25, 0.3) is 10.2 Å². The van der Waals surface area contributed by atoms with Crippen LogP contribution in [-0.4, -0.2) is 17.1 Å². The van der Waals surface area contributed by atoms with Crippen LogP contribution in [0.4, 0.5) is 0 Å². The molecule has 0 fully saturated rings. The van der Waals surface area contributed by atoms with Gasteiger partial charge < -0.3 is 9.30 Å². The zero-order chi connectivity index (χ0) is 17.6. The molecule has 3 aromatic rings. The predicted octanol–water partition coefficient (Wildman–Crippen LogP) is 3.89. The van der Waals surface area contributed by atoms with Crippen molar-refractivity contribution >= 4 is 39.1 Å². The molecular weight excluding hydrogens is 356 g/mol. The standard InChI is InChI=1S/C19H15ClN2O2S/c1-2-11-22-16-9-8-14(20)13-17(16)25-19(22)21-18(23)10-12-24-15-6-4-3-5-7-15/h1,3-9,13H,10-12H2. The smallest absolute Gasteiger partial charge is 0.251 e. The Morgan fingerprint density at radius 2 is 2.08 bits per heavy atom. The van der Waals surface area contributed by atoms with Crippen LogP contribution in [-0.2, 0) is 11.3 Å². The molecule has 25 heavy (non-hydrogen) atoms. The third-order valence-electron chi connectivity index (χ3n) is 3.44. The lowest BCUT2D eigenvalue weighted by Crippen LogP contribution is -2.17. The molecule has 6 heteroatoms. The lowest BCUT2D eigenvalue weighted by Gasteiger charge is -2.03. The molecule has 1 heterocycles. The fourth-order valence-electron chi connectivity index (χ4n) is 2.31. The molecular formula is C19H15ClN2O2S. The maximum atomic E-state index is 12.2. The summed E-state index contributed by atoms with van der Waals surface area (Å²) in [6, 6.07) is 14.9. The lowest BCUT2D eigenvalue weighted by molar-refractivity contribution is -0.118. The normalized spacial score (nSPS) is 11.4. The third kappa shape index (κ3) is 4.30. The van der Waals surface area contributed by atoms with Crippen molar-refractivity contribution in [2.24, 2.45) is 4.99 Å². The van der Waals surface area contributed by atoms with Crippen LogP contribution >= 0.6 is 22.9 Å². The zero-order valence-corrected chi connectivity index (χ0v) is 14.9. The number of ether oxygens (including phenoxy) is 1. The quantitative estimate of drug-likeness (QED) is 0.639. The minimum absolute atomic E-state index is 0.194. The first-order valence-corrected chi connectivity index (χ1v) is 8.84. The van der Waals surface area contributed by atoms with Crippen LogP contribution in [0.1, 0.15) is 6.42 Å². The zero-order valence-electron chi connectivity index (χ0n) is 13.3. The molecule has 0 radical (unpaired) electrons. The second-order valence-electron chi connectivity index (χ2n) is 5.20. The Hall–Kier alpha value is -2.55. The van der Waals surface area contributed by atoms with Crippen LogP contribution in [0, 0.1) is 12.3 Å². The molecule has 0 spiro atoms. The average Bonchev–Trinajstić information content (AvgIpc) is 2.92. The van der Waals surface area contributed by atoms with Crippen LogP contribution in [0.5, 0.6) is 5.75 Å². The molecule has 0 aliphatic rings. The van der Waals surface area contributed by atoms with Gasteiger partial charge in [-0.3, -0.25) is 4.79 Å². The molecule has 1 amide bonds. The number of amides is 1. The van der Waals surface area contributed by atoms with Crippen molar-refractivity contribution in [1.82, 2.24) is 4.57 Å². The topological polar surface area (TPSA) is 43.6 Å². The first-order chi connectivity index (χ1) is 12.2. The van der Waals surface area contributed by atoms with Crippen LogP contribution in [0.2, 0.25) is 5.02 Å². The number of aromatic nitrogens is 1. The molecule has 0 aliphatic carbocycles. The van der Waals surface area contributed by atoms with Crippen molar-refractivity contribution in [1.29, 1.82) is 0 Å². The SMILES string of the molecule is C#CCn1c(=NC(=O)CCOc2ccccc2)sc2cc(Cl)ccc21. The van der Waals surface area contributed by atoms with Crippen molar-refractivity contribution in [3.8, 4) is 18.1 Å². The molecule has 0 atom stereocenters. The van der Waals surface area contributed by atoms with E-state index in [-0.39, 0.29) is 18.9 Å². The number of carbonyl (C=O) groups excluding carboxylic acids is 1. The number of rotatable bonds is 5. The second-order valence-corrected chi connectivity index (χ2v) is 6.65. The van der Waals surface area contributed by atoms with Gasteiger partial charge in [-0.1, -0.05) is 47.1 Å². The van der Waals surface area contributed by atoms with Gasteiger partial charge in [-0.2, -0.15) is 4.99 Å². The molecule has 4 nitrogen and oxygen atoms in total. The maximum absolute atomic E-state index is 12.2. The van der Waals surface area contributed by atoms with Gasteiger partial charge >= 0.3 is 0 Å². The minimum Gasteiger partial charge on any atom is -0.493 e. The average molecular weight is 371 g/mol. The Balaban J connectivity index is 1.78. The van der Waals surface area contributed by atoms with E-state index in [0.717, 1.165) is 16.0 Å². The van der Waals surface area contributed by atoms with Crippen molar-refractivity contribution in [3.63, 3.8) is 0 Å². The van der Waals surface area contributed by atoms with Gasteiger partial charge in [-0.15, -0.1) is 6.42 Å². The molecule has 126 valence electrons. The number of fused-ring (bicyclic) bond motifs is 1. The largest absolute Gasteiger partial charge is 0.493 e. The number of nitrogens with zero attached hydrogens (tertiary/aromatic N) is 2. The highest BCUT2D eigenvalue weighted by Gasteiger charge is 2.08. The minimum atomic E-state index is -0.251. The fourth-order valence-corrected chi connectivity index (χ4v) is 3.63. The summed E-state index contributed by atoms with van der Waals surface area (Å²) in [5, 5.41) is 0.635.